The van der Waals surface area contributed by atoms with E-state index in [2.05, 4.69) is 81.5 Å². The van der Waals surface area contributed by atoms with Crippen LogP contribution in [0.1, 0.15) is 355 Å². The SMILES string of the molecule is CC/C=C\C/C=C\C/C=C\CCCCCCCCCC(=O)OCC(COC(=O)CCCCCCCCCCCCCCCCCCCCCCCCC)OC(=O)CCCCCCCCCCC/C=C\C/C=C\CCCCC. The maximum absolute atomic E-state index is 12.9. The largest absolute Gasteiger partial charge is 0.462 e. The Morgan fingerprint density at radius 1 is 0.273 bits per heavy atom. The minimum atomic E-state index is -0.781. The van der Waals surface area contributed by atoms with E-state index in [9.17, 15) is 14.4 Å². The van der Waals surface area contributed by atoms with E-state index in [4.69, 9.17) is 14.2 Å². The fraction of sp³-hybridized carbons (Fsp3) is 0.817. The van der Waals surface area contributed by atoms with Crippen molar-refractivity contribution in [1.29, 1.82) is 0 Å². The molecule has 0 amide bonds. The summed E-state index contributed by atoms with van der Waals surface area (Å²) in [4.78, 5) is 38.4. The van der Waals surface area contributed by atoms with Gasteiger partial charge in [0.25, 0.3) is 0 Å². The summed E-state index contributed by atoms with van der Waals surface area (Å²) in [7, 11) is 0. The van der Waals surface area contributed by atoms with Crippen molar-refractivity contribution in [2.24, 2.45) is 0 Å². The van der Waals surface area contributed by atoms with E-state index in [0.717, 1.165) is 89.9 Å². The topological polar surface area (TPSA) is 78.9 Å². The van der Waals surface area contributed by atoms with Gasteiger partial charge >= 0.3 is 17.9 Å². The van der Waals surface area contributed by atoms with Crippen LogP contribution in [0.25, 0.3) is 0 Å². The fourth-order valence-corrected chi connectivity index (χ4v) is 9.96. The molecule has 0 aliphatic heterocycles. The van der Waals surface area contributed by atoms with Gasteiger partial charge in [0.05, 0.1) is 0 Å². The summed E-state index contributed by atoms with van der Waals surface area (Å²) in [5.41, 5.74) is 0. The van der Waals surface area contributed by atoms with Crippen molar-refractivity contribution >= 4 is 17.9 Å². The first kappa shape index (κ1) is 74.1. The van der Waals surface area contributed by atoms with Crippen molar-refractivity contribution < 1.29 is 28.6 Å². The Hall–Kier alpha value is -2.89. The van der Waals surface area contributed by atoms with E-state index in [1.54, 1.807) is 0 Å². The number of rotatable bonds is 62. The van der Waals surface area contributed by atoms with Crippen molar-refractivity contribution in [3.63, 3.8) is 0 Å². The molecule has 0 aliphatic carbocycles. The van der Waals surface area contributed by atoms with E-state index in [1.165, 1.54) is 225 Å². The van der Waals surface area contributed by atoms with E-state index in [0.29, 0.717) is 19.3 Å². The number of carbonyl (C=O) groups is 3. The zero-order chi connectivity index (χ0) is 55.7. The van der Waals surface area contributed by atoms with Crippen LogP contribution in [0, 0.1) is 0 Å². The Kier molecular flexibility index (Phi) is 63.2. The van der Waals surface area contributed by atoms with E-state index in [-0.39, 0.29) is 31.1 Å². The van der Waals surface area contributed by atoms with Crippen LogP contribution < -0.4 is 0 Å². The van der Waals surface area contributed by atoms with E-state index >= 15 is 0 Å². The van der Waals surface area contributed by atoms with Crippen molar-refractivity contribution in [1.82, 2.24) is 0 Å². The molecule has 0 radical (unpaired) electrons. The molecule has 0 N–H and O–H groups in total. The van der Waals surface area contributed by atoms with Gasteiger partial charge in [-0.2, -0.15) is 0 Å². The highest BCUT2D eigenvalue weighted by atomic mass is 16.6. The lowest BCUT2D eigenvalue weighted by Crippen LogP contribution is -2.30. The number of hydrogen-bond donors (Lipinski definition) is 0. The summed E-state index contributed by atoms with van der Waals surface area (Å²) in [5.74, 6) is -0.868. The molecular weight excluding hydrogens is 949 g/mol. The first-order valence-corrected chi connectivity index (χ1v) is 33.8. The summed E-state index contributed by atoms with van der Waals surface area (Å²) in [6.07, 6.45) is 83.8. The molecule has 0 fully saturated rings. The summed E-state index contributed by atoms with van der Waals surface area (Å²) < 4.78 is 17.0. The summed E-state index contributed by atoms with van der Waals surface area (Å²) in [6, 6.07) is 0. The van der Waals surface area contributed by atoms with Gasteiger partial charge in [-0.15, -0.1) is 0 Å². The van der Waals surface area contributed by atoms with Crippen molar-refractivity contribution in [3.05, 3.63) is 60.8 Å². The normalized spacial score (nSPS) is 12.4. The quantitative estimate of drug-likeness (QED) is 0.0261. The Morgan fingerprint density at radius 2 is 0.506 bits per heavy atom. The minimum Gasteiger partial charge on any atom is -0.462 e. The number of carbonyl (C=O) groups excluding carboxylic acids is 3. The van der Waals surface area contributed by atoms with Crippen LogP contribution in [0.15, 0.2) is 60.8 Å². The highest BCUT2D eigenvalue weighted by molar-refractivity contribution is 5.71. The molecule has 0 aromatic rings. The van der Waals surface area contributed by atoms with Gasteiger partial charge in [-0.3, -0.25) is 14.4 Å². The lowest BCUT2D eigenvalue weighted by atomic mass is 10.0. The molecule has 0 rings (SSSR count). The van der Waals surface area contributed by atoms with Crippen molar-refractivity contribution in [2.45, 2.75) is 361 Å². The maximum Gasteiger partial charge on any atom is 0.306 e. The first-order chi connectivity index (χ1) is 38.0. The molecule has 0 saturated carbocycles. The minimum absolute atomic E-state index is 0.0756. The second-order valence-corrected chi connectivity index (χ2v) is 22.7. The average molecular weight is 1080 g/mol. The van der Waals surface area contributed by atoms with Gasteiger partial charge in [0.2, 0.25) is 0 Å². The molecule has 0 saturated heterocycles. The van der Waals surface area contributed by atoms with Crippen LogP contribution >= 0.6 is 0 Å². The third-order valence-electron chi connectivity index (χ3n) is 15.0. The molecule has 0 aromatic heterocycles. The van der Waals surface area contributed by atoms with Crippen molar-refractivity contribution in [3.8, 4) is 0 Å². The molecule has 0 spiro atoms. The molecule has 6 heteroatoms. The smallest absolute Gasteiger partial charge is 0.306 e. The molecule has 0 heterocycles. The Balaban J connectivity index is 4.32. The Bertz CT molecular complexity index is 1380. The van der Waals surface area contributed by atoms with Crippen LogP contribution in [0.4, 0.5) is 0 Å². The highest BCUT2D eigenvalue weighted by Gasteiger charge is 2.19. The number of esters is 3. The van der Waals surface area contributed by atoms with Crippen molar-refractivity contribution in [2.75, 3.05) is 13.2 Å². The molecule has 77 heavy (non-hydrogen) atoms. The lowest BCUT2D eigenvalue weighted by molar-refractivity contribution is -0.167. The number of unbranched alkanes of at least 4 members (excludes halogenated alkanes) is 41. The molecule has 0 aromatic carbocycles. The second-order valence-electron chi connectivity index (χ2n) is 22.7. The molecular formula is C71H128O6. The monoisotopic (exact) mass is 1080 g/mol. The third-order valence-corrected chi connectivity index (χ3v) is 15.0. The number of ether oxygens (including phenoxy) is 3. The molecule has 1 unspecified atom stereocenters. The lowest BCUT2D eigenvalue weighted by Gasteiger charge is -2.18. The van der Waals surface area contributed by atoms with Gasteiger partial charge in [-0.1, -0.05) is 313 Å². The van der Waals surface area contributed by atoms with Gasteiger partial charge < -0.3 is 14.2 Å². The summed E-state index contributed by atoms with van der Waals surface area (Å²) in [6.45, 7) is 6.55. The zero-order valence-corrected chi connectivity index (χ0v) is 51.5. The maximum atomic E-state index is 12.9. The van der Waals surface area contributed by atoms with Gasteiger partial charge in [-0.25, -0.2) is 0 Å². The predicted octanol–water partition coefficient (Wildman–Crippen LogP) is 23.1. The Morgan fingerprint density at radius 3 is 0.818 bits per heavy atom. The average Bonchev–Trinajstić information content (AvgIpc) is 3.43. The summed E-state index contributed by atoms with van der Waals surface area (Å²) >= 11 is 0. The third kappa shape index (κ3) is 63.8. The second kappa shape index (κ2) is 65.6. The zero-order valence-electron chi connectivity index (χ0n) is 51.5. The van der Waals surface area contributed by atoms with Gasteiger partial charge in [0, 0.05) is 19.3 Å². The van der Waals surface area contributed by atoms with Gasteiger partial charge in [0.1, 0.15) is 13.2 Å². The summed E-state index contributed by atoms with van der Waals surface area (Å²) in [5, 5.41) is 0. The van der Waals surface area contributed by atoms with E-state index in [1.807, 2.05) is 0 Å². The first-order valence-electron chi connectivity index (χ1n) is 33.8. The van der Waals surface area contributed by atoms with E-state index < -0.39 is 6.10 Å². The standard InChI is InChI=1S/C71H128O6/c1-4-7-10-13-16-19-22-25-28-31-33-34-35-36-38-40-43-46-49-52-55-58-61-64-70(73)76-67-68(66-75-69(72)63-60-57-54-51-48-45-42-39-30-27-24-21-18-15-12-9-6-3)77-71(74)65-62-59-56-53-50-47-44-41-37-32-29-26-23-20-17-14-11-8-5-2/h9,12,17-18,20-21,26-27,29-30,68H,4-8,10-11,13-16,19,22-25,28,31-67H2,1-3H3/b12-9-,20-17-,21-18-,29-26-,30-27-. The van der Waals surface area contributed by atoms with Gasteiger partial charge in [-0.05, 0) is 83.5 Å². The number of hydrogen-bond acceptors (Lipinski definition) is 6. The predicted molar refractivity (Wildman–Crippen MR) is 335 cm³/mol. The highest BCUT2D eigenvalue weighted by Crippen LogP contribution is 2.18. The molecule has 0 bridgehead atoms. The van der Waals surface area contributed by atoms with Crippen LogP contribution in [0.5, 0.6) is 0 Å². The molecule has 448 valence electrons. The number of allylic oxidation sites excluding steroid dienone is 10. The van der Waals surface area contributed by atoms with Gasteiger partial charge in [0.15, 0.2) is 6.10 Å². The van der Waals surface area contributed by atoms with Crippen LogP contribution in [-0.2, 0) is 28.6 Å². The van der Waals surface area contributed by atoms with Crippen LogP contribution in [0.3, 0.4) is 0 Å². The Labute approximate surface area is 479 Å². The van der Waals surface area contributed by atoms with Crippen LogP contribution in [0.2, 0.25) is 0 Å². The fourth-order valence-electron chi connectivity index (χ4n) is 9.96. The molecule has 6 nitrogen and oxygen atoms in total. The molecule has 0 aliphatic rings. The molecule has 1 atom stereocenters. The van der Waals surface area contributed by atoms with Crippen LogP contribution in [-0.4, -0.2) is 37.2 Å².